The van der Waals surface area contributed by atoms with Crippen LogP contribution in [0.1, 0.15) is 19.4 Å². The molecule has 3 heteroatoms. The Labute approximate surface area is 104 Å². The SMILES string of the molecule is CCOCC(O)CNC(C)Cc1ccccc1. The fraction of sp³-hybridized carbons (Fsp3) is 0.571. The molecule has 0 saturated heterocycles. The fourth-order valence-corrected chi connectivity index (χ4v) is 1.69. The number of benzene rings is 1. The first-order valence-corrected chi connectivity index (χ1v) is 6.25. The Kier molecular flexibility index (Phi) is 6.86. The topological polar surface area (TPSA) is 41.5 Å². The van der Waals surface area contributed by atoms with Crippen molar-refractivity contribution in [2.24, 2.45) is 0 Å². The van der Waals surface area contributed by atoms with E-state index >= 15 is 0 Å². The van der Waals surface area contributed by atoms with Gasteiger partial charge < -0.3 is 15.2 Å². The minimum Gasteiger partial charge on any atom is -0.389 e. The summed E-state index contributed by atoms with van der Waals surface area (Å²) in [6, 6.07) is 10.7. The van der Waals surface area contributed by atoms with Crippen LogP contribution in [-0.4, -0.2) is 37.0 Å². The number of hydrogen-bond acceptors (Lipinski definition) is 3. The second-order valence-corrected chi connectivity index (χ2v) is 4.31. The molecule has 2 N–H and O–H groups in total. The van der Waals surface area contributed by atoms with E-state index < -0.39 is 6.10 Å². The van der Waals surface area contributed by atoms with Crippen LogP contribution in [0.15, 0.2) is 30.3 Å². The van der Waals surface area contributed by atoms with Crippen LogP contribution in [0.3, 0.4) is 0 Å². The second-order valence-electron chi connectivity index (χ2n) is 4.31. The molecular weight excluding hydrogens is 214 g/mol. The largest absolute Gasteiger partial charge is 0.389 e. The number of nitrogens with one attached hydrogen (secondary N) is 1. The van der Waals surface area contributed by atoms with E-state index in [1.165, 1.54) is 5.56 Å². The van der Waals surface area contributed by atoms with Crippen molar-refractivity contribution in [2.75, 3.05) is 19.8 Å². The van der Waals surface area contributed by atoms with Gasteiger partial charge in [0.05, 0.1) is 12.7 Å². The maximum absolute atomic E-state index is 9.61. The van der Waals surface area contributed by atoms with Crippen molar-refractivity contribution < 1.29 is 9.84 Å². The Morgan fingerprint density at radius 1 is 1.29 bits per heavy atom. The van der Waals surface area contributed by atoms with E-state index in [1.807, 2.05) is 25.1 Å². The van der Waals surface area contributed by atoms with Crippen molar-refractivity contribution in [3.05, 3.63) is 35.9 Å². The predicted octanol–water partition coefficient (Wildman–Crippen LogP) is 1.60. The first-order chi connectivity index (χ1) is 8.22. The molecule has 0 aliphatic rings. The zero-order valence-corrected chi connectivity index (χ0v) is 10.7. The zero-order valence-electron chi connectivity index (χ0n) is 10.7. The van der Waals surface area contributed by atoms with Crippen molar-refractivity contribution in [3.63, 3.8) is 0 Å². The quantitative estimate of drug-likeness (QED) is 0.721. The van der Waals surface area contributed by atoms with Gasteiger partial charge in [0, 0.05) is 19.2 Å². The first-order valence-electron chi connectivity index (χ1n) is 6.25. The molecule has 0 amide bonds. The minimum absolute atomic E-state index is 0.355. The molecule has 1 aromatic carbocycles. The van der Waals surface area contributed by atoms with Gasteiger partial charge in [0.15, 0.2) is 0 Å². The van der Waals surface area contributed by atoms with Gasteiger partial charge in [-0.2, -0.15) is 0 Å². The van der Waals surface area contributed by atoms with Gasteiger partial charge >= 0.3 is 0 Å². The smallest absolute Gasteiger partial charge is 0.0897 e. The maximum atomic E-state index is 9.61. The Hall–Kier alpha value is -0.900. The van der Waals surface area contributed by atoms with Gasteiger partial charge in [-0.1, -0.05) is 30.3 Å². The molecule has 2 unspecified atom stereocenters. The summed E-state index contributed by atoms with van der Waals surface area (Å²) in [5.74, 6) is 0. The van der Waals surface area contributed by atoms with Crippen LogP contribution in [0.5, 0.6) is 0 Å². The molecule has 0 aliphatic carbocycles. The third kappa shape index (κ3) is 6.41. The summed E-state index contributed by atoms with van der Waals surface area (Å²) < 4.78 is 5.16. The molecule has 0 fully saturated rings. The van der Waals surface area contributed by atoms with Crippen molar-refractivity contribution >= 4 is 0 Å². The molecule has 0 heterocycles. The highest BCUT2D eigenvalue weighted by atomic mass is 16.5. The highest BCUT2D eigenvalue weighted by Crippen LogP contribution is 2.02. The molecule has 0 radical (unpaired) electrons. The number of rotatable bonds is 8. The van der Waals surface area contributed by atoms with E-state index in [0.717, 1.165) is 6.42 Å². The summed E-state index contributed by atoms with van der Waals surface area (Å²) in [5, 5.41) is 12.9. The average Bonchev–Trinajstić information content (AvgIpc) is 2.35. The summed E-state index contributed by atoms with van der Waals surface area (Å²) >= 11 is 0. The van der Waals surface area contributed by atoms with Crippen LogP contribution in [0, 0.1) is 0 Å². The van der Waals surface area contributed by atoms with E-state index in [0.29, 0.717) is 25.8 Å². The molecule has 0 bridgehead atoms. The third-order valence-corrected chi connectivity index (χ3v) is 2.60. The van der Waals surface area contributed by atoms with Gasteiger partial charge in [-0.25, -0.2) is 0 Å². The predicted molar refractivity (Wildman–Crippen MR) is 70.1 cm³/mol. The van der Waals surface area contributed by atoms with Gasteiger partial charge in [0.1, 0.15) is 0 Å². The van der Waals surface area contributed by atoms with Crippen molar-refractivity contribution in [1.29, 1.82) is 0 Å². The molecule has 0 aromatic heterocycles. The molecule has 96 valence electrons. The van der Waals surface area contributed by atoms with Crippen LogP contribution < -0.4 is 5.32 Å². The van der Waals surface area contributed by atoms with E-state index in [9.17, 15) is 5.11 Å². The van der Waals surface area contributed by atoms with Crippen molar-refractivity contribution in [2.45, 2.75) is 32.4 Å². The normalized spacial score (nSPS) is 14.5. The lowest BCUT2D eigenvalue weighted by molar-refractivity contribution is 0.0417. The highest BCUT2D eigenvalue weighted by molar-refractivity contribution is 5.15. The van der Waals surface area contributed by atoms with Crippen molar-refractivity contribution in [3.8, 4) is 0 Å². The van der Waals surface area contributed by atoms with E-state index in [2.05, 4.69) is 24.4 Å². The Bertz CT molecular complexity index is 290. The summed E-state index contributed by atoms with van der Waals surface area (Å²) in [5.41, 5.74) is 1.31. The summed E-state index contributed by atoms with van der Waals surface area (Å²) in [6.45, 7) is 5.69. The molecule has 2 atom stereocenters. The maximum Gasteiger partial charge on any atom is 0.0897 e. The summed E-state index contributed by atoms with van der Waals surface area (Å²) in [4.78, 5) is 0. The number of aliphatic hydroxyl groups excluding tert-OH is 1. The average molecular weight is 237 g/mol. The van der Waals surface area contributed by atoms with Crippen molar-refractivity contribution in [1.82, 2.24) is 5.32 Å². The van der Waals surface area contributed by atoms with Gasteiger partial charge in [0.2, 0.25) is 0 Å². The fourth-order valence-electron chi connectivity index (χ4n) is 1.69. The lowest BCUT2D eigenvalue weighted by atomic mass is 10.1. The highest BCUT2D eigenvalue weighted by Gasteiger charge is 2.07. The Morgan fingerprint density at radius 3 is 2.65 bits per heavy atom. The van der Waals surface area contributed by atoms with Crippen LogP contribution in [0.2, 0.25) is 0 Å². The Morgan fingerprint density at radius 2 is 2.00 bits per heavy atom. The van der Waals surface area contributed by atoms with Gasteiger partial charge in [-0.15, -0.1) is 0 Å². The molecule has 17 heavy (non-hydrogen) atoms. The van der Waals surface area contributed by atoms with Crippen LogP contribution >= 0.6 is 0 Å². The lowest BCUT2D eigenvalue weighted by Crippen LogP contribution is -2.37. The molecule has 0 saturated carbocycles. The standard InChI is InChI=1S/C14H23NO2/c1-3-17-11-14(16)10-15-12(2)9-13-7-5-4-6-8-13/h4-8,12,14-16H,3,9-11H2,1-2H3. The molecule has 0 aliphatic heterocycles. The summed E-state index contributed by atoms with van der Waals surface area (Å²) in [6.07, 6.45) is 0.551. The summed E-state index contributed by atoms with van der Waals surface area (Å²) in [7, 11) is 0. The van der Waals surface area contributed by atoms with Gasteiger partial charge in [-0.05, 0) is 25.8 Å². The molecule has 1 aromatic rings. The minimum atomic E-state index is -0.423. The van der Waals surface area contributed by atoms with Gasteiger partial charge in [0.25, 0.3) is 0 Å². The number of hydrogen-bond donors (Lipinski definition) is 2. The number of aliphatic hydroxyl groups is 1. The molecular formula is C14H23NO2. The molecule has 0 spiro atoms. The second kappa shape index (κ2) is 8.23. The lowest BCUT2D eigenvalue weighted by Gasteiger charge is -2.17. The zero-order chi connectivity index (χ0) is 12.5. The van der Waals surface area contributed by atoms with E-state index in [-0.39, 0.29) is 0 Å². The van der Waals surface area contributed by atoms with E-state index in [4.69, 9.17) is 4.74 Å². The molecule has 3 nitrogen and oxygen atoms in total. The van der Waals surface area contributed by atoms with E-state index in [1.54, 1.807) is 0 Å². The van der Waals surface area contributed by atoms with Crippen LogP contribution in [-0.2, 0) is 11.2 Å². The van der Waals surface area contributed by atoms with Crippen LogP contribution in [0.4, 0.5) is 0 Å². The van der Waals surface area contributed by atoms with Crippen LogP contribution in [0.25, 0.3) is 0 Å². The van der Waals surface area contributed by atoms with Gasteiger partial charge in [-0.3, -0.25) is 0 Å². The third-order valence-electron chi connectivity index (χ3n) is 2.60. The number of ether oxygens (including phenoxy) is 1. The first kappa shape index (κ1) is 14.2. The molecule has 1 rings (SSSR count). The monoisotopic (exact) mass is 237 g/mol. The Balaban J connectivity index is 2.19.